The molecule has 1 rings (SSSR count). The van der Waals surface area contributed by atoms with Gasteiger partial charge in [0.25, 0.3) is 0 Å². The normalized spacial score (nSPS) is 12.8. The first-order valence-electron chi connectivity index (χ1n) is 5.14. The van der Waals surface area contributed by atoms with Crippen molar-refractivity contribution in [2.24, 2.45) is 0 Å². The fourth-order valence-corrected chi connectivity index (χ4v) is 2.59. The molecule has 0 heterocycles. The summed E-state index contributed by atoms with van der Waals surface area (Å²) in [6.07, 6.45) is 1.21. The highest BCUT2D eigenvalue weighted by Gasteiger charge is 2.06. The van der Waals surface area contributed by atoms with E-state index in [4.69, 9.17) is 0 Å². The minimum absolute atomic E-state index is 0.682. The first kappa shape index (κ1) is 11.6. The van der Waals surface area contributed by atoms with Gasteiger partial charge in [-0.2, -0.15) is 0 Å². The van der Waals surface area contributed by atoms with E-state index in [2.05, 4.69) is 43.4 Å². The minimum Gasteiger partial charge on any atom is -0.319 e. The van der Waals surface area contributed by atoms with Crippen LogP contribution in [0.25, 0.3) is 0 Å². The molecule has 0 saturated carbocycles. The number of hydrogen-bond donors (Lipinski definition) is 1. The van der Waals surface area contributed by atoms with Crippen LogP contribution < -0.4 is 5.32 Å². The lowest BCUT2D eigenvalue weighted by Crippen LogP contribution is -2.19. The van der Waals surface area contributed by atoms with Crippen LogP contribution in [-0.4, -0.2) is 18.8 Å². The second-order valence-electron chi connectivity index (χ2n) is 3.52. The lowest BCUT2D eigenvalue weighted by molar-refractivity contribution is 0.726. The van der Waals surface area contributed by atoms with Crippen LogP contribution in [0.3, 0.4) is 0 Å². The molecule has 0 saturated heterocycles. The molecule has 0 bridgehead atoms. The maximum absolute atomic E-state index is 3.23. The van der Waals surface area contributed by atoms with Gasteiger partial charge in [-0.05, 0) is 32.5 Å². The zero-order valence-corrected chi connectivity index (χ0v) is 10.0. The van der Waals surface area contributed by atoms with Crippen LogP contribution in [-0.2, 0) is 0 Å². The Hall–Kier alpha value is -0.470. The molecular formula is C12H19NS. The van der Waals surface area contributed by atoms with Crippen LogP contribution in [0.4, 0.5) is 0 Å². The Morgan fingerprint density at radius 3 is 2.79 bits per heavy atom. The molecule has 1 N–H and O–H groups in total. The summed E-state index contributed by atoms with van der Waals surface area (Å²) in [5.74, 6) is 0. The average molecular weight is 209 g/mol. The lowest BCUT2D eigenvalue weighted by atomic mass is 10.2. The van der Waals surface area contributed by atoms with E-state index < -0.39 is 0 Å². The molecule has 0 aliphatic carbocycles. The molecule has 1 atom stereocenters. The predicted molar refractivity (Wildman–Crippen MR) is 65.0 cm³/mol. The monoisotopic (exact) mass is 209 g/mol. The lowest BCUT2D eigenvalue weighted by Gasteiger charge is -2.13. The number of hydrogen-bond acceptors (Lipinski definition) is 2. The Kier molecular flexibility index (Phi) is 5.05. The van der Waals surface area contributed by atoms with E-state index in [-0.39, 0.29) is 0 Å². The highest BCUT2D eigenvalue weighted by atomic mass is 32.2. The van der Waals surface area contributed by atoms with Gasteiger partial charge in [0, 0.05) is 16.7 Å². The molecule has 1 aromatic carbocycles. The van der Waals surface area contributed by atoms with Crippen LogP contribution in [0, 0.1) is 6.92 Å². The third-order valence-corrected chi connectivity index (χ3v) is 3.54. The van der Waals surface area contributed by atoms with Crippen LogP contribution in [0.1, 0.15) is 18.9 Å². The fraction of sp³-hybridized carbons (Fsp3) is 0.500. The highest BCUT2D eigenvalue weighted by molar-refractivity contribution is 8.00. The zero-order chi connectivity index (χ0) is 10.4. The number of rotatable bonds is 5. The summed E-state index contributed by atoms with van der Waals surface area (Å²) in [6, 6.07) is 8.71. The third-order valence-electron chi connectivity index (χ3n) is 2.18. The van der Waals surface area contributed by atoms with Crippen molar-refractivity contribution in [3.05, 3.63) is 29.8 Å². The van der Waals surface area contributed by atoms with E-state index >= 15 is 0 Å². The van der Waals surface area contributed by atoms with Crippen LogP contribution in [0.2, 0.25) is 0 Å². The average Bonchev–Trinajstić information content (AvgIpc) is 2.17. The van der Waals surface area contributed by atoms with Crippen molar-refractivity contribution in [2.45, 2.75) is 30.4 Å². The summed E-state index contributed by atoms with van der Waals surface area (Å²) in [5.41, 5.74) is 1.34. The van der Waals surface area contributed by atoms with Crippen molar-refractivity contribution in [2.75, 3.05) is 13.6 Å². The highest BCUT2D eigenvalue weighted by Crippen LogP contribution is 2.25. The Bertz CT molecular complexity index is 273. The first-order valence-corrected chi connectivity index (χ1v) is 6.02. The quantitative estimate of drug-likeness (QED) is 0.748. The van der Waals surface area contributed by atoms with Gasteiger partial charge < -0.3 is 5.32 Å². The van der Waals surface area contributed by atoms with Gasteiger partial charge in [-0.1, -0.05) is 24.6 Å². The van der Waals surface area contributed by atoms with E-state index in [1.165, 1.54) is 16.9 Å². The van der Waals surface area contributed by atoms with Gasteiger partial charge in [0.05, 0.1) is 0 Å². The summed E-state index contributed by atoms with van der Waals surface area (Å²) in [6.45, 7) is 5.46. The van der Waals surface area contributed by atoms with Crippen LogP contribution in [0.15, 0.2) is 29.2 Å². The van der Waals surface area contributed by atoms with Crippen LogP contribution in [0.5, 0.6) is 0 Å². The second kappa shape index (κ2) is 6.10. The fourth-order valence-electron chi connectivity index (χ4n) is 1.38. The Labute approximate surface area is 91.3 Å². The Morgan fingerprint density at radius 1 is 1.43 bits per heavy atom. The smallest absolute Gasteiger partial charge is 0.0217 e. The van der Waals surface area contributed by atoms with E-state index in [0.717, 1.165) is 6.54 Å². The molecule has 1 aromatic rings. The summed E-state index contributed by atoms with van der Waals surface area (Å²) in [5, 5.41) is 3.91. The molecular weight excluding hydrogens is 190 g/mol. The van der Waals surface area contributed by atoms with E-state index in [0.29, 0.717) is 5.25 Å². The molecule has 0 aromatic heterocycles. The van der Waals surface area contributed by atoms with Crippen LogP contribution >= 0.6 is 11.8 Å². The minimum atomic E-state index is 0.682. The topological polar surface area (TPSA) is 12.0 Å². The number of nitrogens with one attached hydrogen (secondary N) is 1. The second-order valence-corrected chi connectivity index (χ2v) is 4.90. The molecule has 0 aliphatic rings. The number of thioether (sulfide) groups is 1. The molecule has 1 nitrogen and oxygen atoms in total. The van der Waals surface area contributed by atoms with E-state index in [1.54, 1.807) is 0 Å². The molecule has 0 spiro atoms. The Morgan fingerprint density at radius 2 is 2.21 bits per heavy atom. The first-order chi connectivity index (χ1) is 6.76. The molecule has 0 amide bonds. The van der Waals surface area contributed by atoms with Crippen molar-refractivity contribution in [1.29, 1.82) is 0 Å². The largest absolute Gasteiger partial charge is 0.319 e. The molecule has 0 radical (unpaired) electrons. The van der Waals surface area contributed by atoms with Gasteiger partial charge >= 0.3 is 0 Å². The van der Waals surface area contributed by atoms with Gasteiger partial charge in [0.2, 0.25) is 0 Å². The maximum Gasteiger partial charge on any atom is 0.0217 e. The van der Waals surface area contributed by atoms with Gasteiger partial charge in [-0.25, -0.2) is 0 Å². The molecule has 78 valence electrons. The molecule has 1 unspecified atom stereocenters. The molecule has 0 aliphatic heterocycles. The van der Waals surface area contributed by atoms with Crippen molar-refractivity contribution in [3.8, 4) is 0 Å². The summed E-state index contributed by atoms with van der Waals surface area (Å²) in [4.78, 5) is 1.38. The van der Waals surface area contributed by atoms with Crippen molar-refractivity contribution < 1.29 is 0 Å². The molecule has 0 fully saturated rings. The van der Waals surface area contributed by atoms with Crippen molar-refractivity contribution in [3.63, 3.8) is 0 Å². The van der Waals surface area contributed by atoms with Crippen molar-refractivity contribution in [1.82, 2.24) is 5.32 Å². The van der Waals surface area contributed by atoms with Gasteiger partial charge in [0.15, 0.2) is 0 Å². The molecule has 2 heteroatoms. The summed E-state index contributed by atoms with van der Waals surface area (Å²) in [7, 11) is 2.01. The maximum atomic E-state index is 3.23. The van der Waals surface area contributed by atoms with Crippen molar-refractivity contribution >= 4 is 11.8 Å². The zero-order valence-electron chi connectivity index (χ0n) is 9.21. The van der Waals surface area contributed by atoms with Gasteiger partial charge in [-0.15, -0.1) is 11.8 Å². The predicted octanol–water partition coefficient (Wildman–Crippen LogP) is 3.09. The van der Waals surface area contributed by atoms with Gasteiger partial charge in [-0.3, -0.25) is 0 Å². The summed E-state index contributed by atoms with van der Waals surface area (Å²) >= 11 is 1.96. The third kappa shape index (κ3) is 3.72. The van der Waals surface area contributed by atoms with E-state index in [9.17, 15) is 0 Å². The van der Waals surface area contributed by atoms with Gasteiger partial charge in [0.1, 0.15) is 0 Å². The SMILES string of the molecule is CCC(CNC)Sc1cccc(C)c1. The molecule has 14 heavy (non-hydrogen) atoms. The standard InChI is InChI=1S/C12H19NS/c1-4-11(9-13-3)14-12-7-5-6-10(2)8-12/h5-8,11,13H,4,9H2,1-3H3. The Balaban J connectivity index is 2.57. The number of aryl methyl sites for hydroxylation is 1. The number of benzene rings is 1. The summed E-state index contributed by atoms with van der Waals surface area (Å²) < 4.78 is 0. The van der Waals surface area contributed by atoms with E-state index in [1.807, 2.05) is 18.8 Å².